The highest BCUT2D eigenvalue weighted by atomic mass is 32.2. The molecule has 10 heteroatoms. The Labute approximate surface area is 203 Å². The van der Waals surface area contributed by atoms with Crippen molar-refractivity contribution in [2.75, 3.05) is 12.4 Å². The standard InChI is InChI=1S/C24H30N6O3S/c1-2-3-12-32-18-8-6-17(7-9-18)20-14-21-23-26-27-24(29(23)10-11-30(21)28-20)34-16-22(31)25-15-19-5-4-13-33-19/h4-11,13,20-21,23,26,28H,2-3,12,14-16H2,1H3,(H,25,31). The van der Waals surface area contributed by atoms with E-state index in [2.05, 4.69) is 62.4 Å². The fourth-order valence-corrected chi connectivity index (χ4v) is 5.08. The van der Waals surface area contributed by atoms with Gasteiger partial charge in [0.1, 0.15) is 17.7 Å². The predicted molar refractivity (Wildman–Crippen MR) is 131 cm³/mol. The van der Waals surface area contributed by atoms with Gasteiger partial charge in [0.2, 0.25) is 5.91 Å². The van der Waals surface area contributed by atoms with Crippen LogP contribution in [-0.4, -0.2) is 45.6 Å². The minimum Gasteiger partial charge on any atom is -0.494 e. The van der Waals surface area contributed by atoms with Crippen LogP contribution in [0.2, 0.25) is 0 Å². The highest BCUT2D eigenvalue weighted by Crippen LogP contribution is 2.35. The number of rotatable bonds is 9. The van der Waals surface area contributed by atoms with E-state index in [9.17, 15) is 4.79 Å². The van der Waals surface area contributed by atoms with E-state index in [4.69, 9.17) is 9.15 Å². The molecule has 34 heavy (non-hydrogen) atoms. The molecule has 1 aromatic heterocycles. The quantitative estimate of drug-likeness (QED) is 0.470. The third kappa shape index (κ3) is 5.02. The number of hydrogen-bond donors (Lipinski definition) is 3. The molecule has 5 rings (SSSR count). The molecule has 0 radical (unpaired) electrons. The van der Waals surface area contributed by atoms with Crippen LogP contribution in [-0.2, 0) is 11.3 Å². The van der Waals surface area contributed by atoms with E-state index < -0.39 is 0 Å². The lowest BCUT2D eigenvalue weighted by Gasteiger charge is -2.36. The molecule has 3 unspecified atom stereocenters. The zero-order chi connectivity index (χ0) is 23.3. The first kappa shape index (κ1) is 22.7. The lowest BCUT2D eigenvalue weighted by molar-refractivity contribution is -0.118. The van der Waals surface area contributed by atoms with Crippen molar-refractivity contribution in [2.24, 2.45) is 5.10 Å². The number of fused-ring (bicyclic) bond motifs is 3. The van der Waals surface area contributed by atoms with E-state index >= 15 is 0 Å². The molecule has 3 aliphatic heterocycles. The van der Waals surface area contributed by atoms with Crippen molar-refractivity contribution in [2.45, 2.75) is 51.0 Å². The Morgan fingerprint density at radius 2 is 2.18 bits per heavy atom. The second-order valence-corrected chi connectivity index (χ2v) is 9.42. The van der Waals surface area contributed by atoms with Crippen LogP contribution in [0.1, 0.15) is 43.6 Å². The molecule has 0 saturated carbocycles. The first-order valence-corrected chi connectivity index (χ1v) is 12.7. The third-order valence-corrected chi connectivity index (χ3v) is 7.09. The summed E-state index contributed by atoms with van der Waals surface area (Å²) >= 11 is 1.42. The molecule has 180 valence electrons. The van der Waals surface area contributed by atoms with Gasteiger partial charge in [0.15, 0.2) is 5.17 Å². The second kappa shape index (κ2) is 10.4. The van der Waals surface area contributed by atoms with Crippen molar-refractivity contribution in [3.8, 4) is 5.75 Å². The molecule has 1 amide bonds. The number of thioether (sulfide) groups is 1. The van der Waals surface area contributed by atoms with Gasteiger partial charge < -0.3 is 24.4 Å². The molecule has 1 aromatic carbocycles. The Morgan fingerprint density at radius 3 is 2.97 bits per heavy atom. The Balaban J connectivity index is 1.12. The molecule has 9 nitrogen and oxygen atoms in total. The average Bonchev–Trinajstić information content (AvgIpc) is 3.61. The van der Waals surface area contributed by atoms with Gasteiger partial charge in [0, 0.05) is 12.4 Å². The summed E-state index contributed by atoms with van der Waals surface area (Å²) in [5.41, 5.74) is 8.09. The maximum Gasteiger partial charge on any atom is 0.230 e. The molecule has 2 aromatic rings. The molecular formula is C24H30N6O3S. The minimum absolute atomic E-state index is 0.0211. The van der Waals surface area contributed by atoms with Crippen molar-refractivity contribution in [1.82, 2.24) is 26.1 Å². The lowest BCUT2D eigenvalue weighted by Crippen LogP contribution is -2.54. The number of unbranched alkanes of at least 4 members (excludes halogenated alkanes) is 1. The lowest BCUT2D eigenvalue weighted by atomic mass is 10.00. The van der Waals surface area contributed by atoms with Crippen LogP contribution < -0.4 is 20.9 Å². The third-order valence-electron chi connectivity index (χ3n) is 6.13. The minimum atomic E-state index is -0.0557. The van der Waals surface area contributed by atoms with Gasteiger partial charge >= 0.3 is 0 Å². The van der Waals surface area contributed by atoms with Gasteiger partial charge in [-0.25, -0.2) is 5.43 Å². The summed E-state index contributed by atoms with van der Waals surface area (Å²) in [4.78, 5) is 14.3. The van der Waals surface area contributed by atoms with Crippen LogP contribution in [0.25, 0.3) is 0 Å². The fraction of sp³-hybridized carbons (Fsp3) is 0.417. The number of hydrazine groups is 1. The Morgan fingerprint density at radius 1 is 1.29 bits per heavy atom. The number of ether oxygens (including phenoxy) is 1. The molecule has 0 spiro atoms. The van der Waals surface area contributed by atoms with E-state index in [1.54, 1.807) is 6.26 Å². The Bertz CT molecular complexity index is 1030. The van der Waals surface area contributed by atoms with Crippen molar-refractivity contribution in [1.29, 1.82) is 0 Å². The van der Waals surface area contributed by atoms with Crippen LogP contribution in [0.3, 0.4) is 0 Å². The molecule has 4 heterocycles. The summed E-state index contributed by atoms with van der Waals surface area (Å²) in [6.07, 6.45) is 8.81. The Hall–Kier alpha value is -3.11. The van der Waals surface area contributed by atoms with Gasteiger partial charge in [0.05, 0.1) is 37.3 Å². The van der Waals surface area contributed by atoms with E-state index in [1.165, 1.54) is 17.3 Å². The van der Waals surface area contributed by atoms with Gasteiger partial charge in [-0.2, -0.15) is 5.10 Å². The number of nitrogens with zero attached hydrogens (tertiary/aromatic N) is 3. The number of nitrogens with one attached hydrogen (secondary N) is 3. The van der Waals surface area contributed by atoms with Crippen molar-refractivity contribution < 1.29 is 13.9 Å². The topological polar surface area (TPSA) is 94.4 Å². The molecule has 3 atom stereocenters. The zero-order valence-electron chi connectivity index (χ0n) is 19.1. The van der Waals surface area contributed by atoms with E-state index in [0.717, 1.165) is 42.5 Å². The molecule has 3 N–H and O–H groups in total. The zero-order valence-corrected chi connectivity index (χ0v) is 20.0. The highest BCUT2D eigenvalue weighted by molar-refractivity contribution is 8.14. The average molecular weight is 483 g/mol. The van der Waals surface area contributed by atoms with Crippen LogP contribution in [0.4, 0.5) is 0 Å². The van der Waals surface area contributed by atoms with Crippen LogP contribution >= 0.6 is 11.8 Å². The van der Waals surface area contributed by atoms with Gasteiger partial charge in [0.25, 0.3) is 0 Å². The summed E-state index contributed by atoms with van der Waals surface area (Å²) in [6.45, 7) is 3.31. The normalized spacial score (nSPS) is 22.7. The van der Waals surface area contributed by atoms with Crippen LogP contribution in [0.15, 0.2) is 64.6 Å². The number of benzene rings is 1. The SMILES string of the molecule is CCCCOc1ccc(C2CC3C4NN=C(SCC(=O)NCc5ccco5)N4C=CN3N2)cc1. The molecule has 0 bridgehead atoms. The fourth-order valence-electron chi connectivity index (χ4n) is 4.28. The number of hydrazone groups is 1. The molecule has 3 aliphatic rings. The number of hydrogen-bond acceptors (Lipinski definition) is 9. The number of amidine groups is 1. The number of carbonyl (C=O) groups excluding carboxylic acids is 1. The summed E-state index contributed by atoms with van der Waals surface area (Å²) in [5.74, 6) is 1.89. The molecule has 1 saturated heterocycles. The number of carbonyl (C=O) groups is 1. The van der Waals surface area contributed by atoms with Crippen LogP contribution in [0.5, 0.6) is 5.75 Å². The second-order valence-electron chi connectivity index (χ2n) is 8.48. The molecule has 1 fully saturated rings. The highest BCUT2D eigenvalue weighted by Gasteiger charge is 2.44. The summed E-state index contributed by atoms with van der Waals surface area (Å²) in [6, 6.07) is 12.5. The van der Waals surface area contributed by atoms with E-state index in [0.29, 0.717) is 12.3 Å². The molecular weight excluding hydrogens is 452 g/mol. The van der Waals surface area contributed by atoms with Crippen molar-refractivity contribution in [3.05, 3.63) is 66.4 Å². The van der Waals surface area contributed by atoms with E-state index in [1.807, 2.05) is 24.5 Å². The summed E-state index contributed by atoms with van der Waals surface area (Å²) in [5, 5.41) is 10.3. The van der Waals surface area contributed by atoms with Gasteiger partial charge in [-0.1, -0.05) is 37.2 Å². The Kier molecular flexibility index (Phi) is 6.96. The molecule has 0 aliphatic carbocycles. The largest absolute Gasteiger partial charge is 0.494 e. The van der Waals surface area contributed by atoms with Crippen LogP contribution in [0, 0.1) is 0 Å². The smallest absolute Gasteiger partial charge is 0.230 e. The summed E-state index contributed by atoms with van der Waals surface area (Å²) < 4.78 is 11.0. The van der Waals surface area contributed by atoms with Gasteiger partial charge in [-0.15, -0.1) is 0 Å². The summed E-state index contributed by atoms with van der Waals surface area (Å²) in [7, 11) is 0. The first-order chi connectivity index (χ1) is 16.7. The number of furan rings is 1. The number of amides is 1. The first-order valence-electron chi connectivity index (χ1n) is 11.7. The maximum atomic E-state index is 12.2. The van der Waals surface area contributed by atoms with Crippen molar-refractivity contribution >= 4 is 22.8 Å². The van der Waals surface area contributed by atoms with Crippen molar-refractivity contribution in [3.63, 3.8) is 0 Å². The monoisotopic (exact) mass is 482 g/mol. The van der Waals surface area contributed by atoms with Gasteiger partial charge in [-0.3, -0.25) is 10.2 Å². The van der Waals surface area contributed by atoms with Gasteiger partial charge in [-0.05, 0) is 42.7 Å². The van der Waals surface area contributed by atoms with E-state index in [-0.39, 0.29) is 24.2 Å². The predicted octanol–water partition coefficient (Wildman–Crippen LogP) is 3.12. The maximum absolute atomic E-state index is 12.2.